The molecule has 0 nitrogen and oxygen atoms in total. The zero-order valence-corrected chi connectivity index (χ0v) is 10.7. The van der Waals surface area contributed by atoms with Gasteiger partial charge in [-0.2, -0.15) is 0 Å². The van der Waals surface area contributed by atoms with Crippen LogP contribution in [0, 0.1) is 0 Å². The van der Waals surface area contributed by atoms with Crippen LogP contribution in [0.3, 0.4) is 0 Å². The van der Waals surface area contributed by atoms with Crippen molar-refractivity contribution in [1.29, 1.82) is 0 Å². The van der Waals surface area contributed by atoms with Crippen molar-refractivity contribution in [3.8, 4) is 0 Å². The zero-order chi connectivity index (χ0) is 12.1. The molecule has 0 aliphatic heterocycles. The SMILES string of the molecule is ClC/C(=C(\Cl)c1ccccc1)c1ccccc1. The summed E-state index contributed by atoms with van der Waals surface area (Å²) in [5.41, 5.74) is 3.02. The first kappa shape index (κ1) is 12.2. The predicted molar refractivity (Wildman–Crippen MR) is 76.3 cm³/mol. The van der Waals surface area contributed by atoms with Gasteiger partial charge in [0.05, 0.1) is 5.03 Å². The topological polar surface area (TPSA) is 0 Å². The minimum absolute atomic E-state index is 0.401. The van der Waals surface area contributed by atoms with Gasteiger partial charge in [-0.3, -0.25) is 0 Å². The molecule has 0 unspecified atom stereocenters. The van der Waals surface area contributed by atoms with Crippen LogP contribution in [0.5, 0.6) is 0 Å². The van der Waals surface area contributed by atoms with Crippen LogP contribution in [-0.4, -0.2) is 5.88 Å². The highest BCUT2D eigenvalue weighted by Gasteiger charge is 2.07. The Kier molecular flexibility index (Phi) is 4.24. The van der Waals surface area contributed by atoms with Crippen molar-refractivity contribution < 1.29 is 0 Å². The van der Waals surface area contributed by atoms with E-state index in [4.69, 9.17) is 23.2 Å². The van der Waals surface area contributed by atoms with E-state index in [-0.39, 0.29) is 0 Å². The second-order valence-electron chi connectivity index (χ2n) is 3.66. The smallest absolute Gasteiger partial charge is 0.0528 e. The lowest BCUT2D eigenvalue weighted by Crippen LogP contribution is -1.89. The summed E-state index contributed by atoms with van der Waals surface area (Å²) in [6.45, 7) is 0. The Morgan fingerprint density at radius 1 is 0.765 bits per heavy atom. The van der Waals surface area contributed by atoms with Crippen molar-refractivity contribution in [2.75, 3.05) is 5.88 Å². The molecular weight excluding hydrogens is 251 g/mol. The number of benzene rings is 2. The van der Waals surface area contributed by atoms with Gasteiger partial charge in [-0.15, -0.1) is 11.6 Å². The van der Waals surface area contributed by atoms with Gasteiger partial charge in [0.25, 0.3) is 0 Å². The van der Waals surface area contributed by atoms with E-state index in [1.54, 1.807) is 0 Å². The molecule has 0 amide bonds. The average Bonchev–Trinajstić information content (AvgIpc) is 2.42. The normalized spacial score (nSPS) is 12.1. The van der Waals surface area contributed by atoms with Gasteiger partial charge in [-0.05, 0) is 16.7 Å². The van der Waals surface area contributed by atoms with E-state index in [2.05, 4.69) is 0 Å². The summed E-state index contributed by atoms with van der Waals surface area (Å²) in [5.74, 6) is 0.401. The van der Waals surface area contributed by atoms with Gasteiger partial charge >= 0.3 is 0 Å². The molecule has 0 saturated carbocycles. The van der Waals surface area contributed by atoms with Crippen molar-refractivity contribution >= 4 is 33.8 Å². The number of allylic oxidation sites excluding steroid dienone is 1. The lowest BCUT2D eigenvalue weighted by Gasteiger charge is -2.08. The monoisotopic (exact) mass is 262 g/mol. The van der Waals surface area contributed by atoms with E-state index in [9.17, 15) is 0 Å². The highest BCUT2D eigenvalue weighted by atomic mass is 35.5. The molecule has 2 aromatic carbocycles. The number of rotatable bonds is 3. The molecular formula is C15H12Cl2. The van der Waals surface area contributed by atoms with Crippen LogP contribution >= 0.6 is 23.2 Å². The Hall–Kier alpha value is -1.24. The maximum absolute atomic E-state index is 6.40. The molecule has 0 aliphatic carbocycles. The maximum atomic E-state index is 6.40. The van der Waals surface area contributed by atoms with Crippen LogP contribution in [0.15, 0.2) is 60.7 Å². The van der Waals surface area contributed by atoms with Crippen LogP contribution in [-0.2, 0) is 0 Å². The Bertz CT molecular complexity index is 501. The van der Waals surface area contributed by atoms with Gasteiger partial charge in [-0.1, -0.05) is 72.3 Å². The minimum atomic E-state index is 0.401. The quantitative estimate of drug-likeness (QED) is 0.538. The number of alkyl halides is 1. The maximum Gasteiger partial charge on any atom is 0.0528 e. The molecule has 0 saturated heterocycles. The summed E-state index contributed by atoms with van der Waals surface area (Å²) < 4.78 is 0. The largest absolute Gasteiger partial charge is 0.121 e. The molecule has 0 aliphatic rings. The van der Waals surface area contributed by atoms with E-state index in [0.29, 0.717) is 10.9 Å². The molecule has 2 rings (SSSR count). The van der Waals surface area contributed by atoms with Crippen molar-refractivity contribution in [3.05, 3.63) is 71.8 Å². The minimum Gasteiger partial charge on any atom is -0.121 e. The molecule has 86 valence electrons. The van der Waals surface area contributed by atoms with Gasteiger partial charge in [0.2, 0.25) is 0 Å². The molecule has 0 fully saturated rings. The summed E-state index contributed by atoms with van der Waals surface area (Å²) in [6.07, 6.45) is 0. The van der Waals surface area contributed by atoms with Crippen LogP contribution in [0.4, 0.5) is 0 Å². The molecule has 0 aromatic heterocycles. The third kappa shape index (κ3) is 2.91. The predicted octanol–water partition coefficient (Wildman–Crippen LogP) is 5.03. The summed E-state index contributed by atoms with van der Waals surface area (Å²) >= 11 is 12.4. The molecule has 0 atom stereocenters. The molecule has 0 heterocycles. The van der Waals surface area contributed by atoms with E-state index < -0.39 is 0 Å². The fourth-order valence-corrected chi connectivity index (χ4v) is 2.32. The number of halogens is 2. The first-order valence-electron chi connectivity index (χ1n) is 5.38. The molecule has 2 aromatic rings. The standard InChI is InChI=1S/C15H12Cl2/c16-11-14(12-7-3-1-4-8-12)15(17)13-9-5-2-6-10-13/h1-10H,11H2/b15-14+. The Morgan fingerprint density at radius 2 is 1.24 bits per heavy atom. The lowest BCUT2D eigenvalue weighted by atomic mass is 10.0. The van der Waals surface area contributed by atoms with Gasteiger partial charge in [0.1, 0.15) is 0 Å². The Labute approximate surface area is 112 Å². The molecule has 0 radical (unpaired) electrons. The highest BCUT2D eigenvalue weighted by Crippen LogP contribution is 2.30. The summed E-state index contributed by atoms with van der Waals surface area (Å²) in [6, 6.07) is 19.8. The molecule has 0 bridgehead atoms. The second kappa shape index (κ2) is 5.90. The third-order valence-corrected chi connectivity index (χ3v) is 3.26. The van der Waals surface area contributed by atoms with Crippen molar-refractivity contribution in [3.63, 3.8) is 0 Å². The first-order chi connectivity index (χ1) is 8.33. The zero-order valence-electron chi connectivity index (χ0n) is 9.24. The number of hydrogen-bond acceptors (Lipinski definition) is 0. The van der Waals surface area contributed by atoms with Crippen LogP contribution in [0.25, 0.3) is 10.6 Å². The highest BCUT2D eigenvalue weighted by molar-refractivity contribution is 6.53. The van der Waals surface area contributed by atoms with Crippen LogP contribution < -0.4 is 0 Å². The van der Waals surface area contributed by atoms with Gasteiger partial charge < -0.3 is 0 Å². The van der Waals surface area contributed by atoms with Crippen molar-refractivity contribution in [2.24, 2.45) is 0 Å². The molecule has 0 N–H and O–H groups in total. The van der Waals surface area contributed by atoms with E-state index in [1.165, 1.54) is 0 Å². The average molecular weight is 263 g/mol. The third-order valence-electron chi connectivity index (χ3n) is 2.55. The summed E-state index contributed by atoms with van der Waals surface area (Å²) in [5, 5.41) is 0.715. The Morgan fingerprint density at radius 3 is 1.71 bits per heavy atom. The summed E-state index contributed by atoms with van der Waals surface area (Å²) in [7, 11) is 0. The first-order valence-corrected chi connectivity index (χ1v) is 6.29. The van der Waals surface area contributed by atoms with E-state index in [0.717, 1.165) is 16.7 Å². The molecule has 2 heteroatoms. The second-order valence-corrected chi connectivity index (χ2v) is 4.30. The molecule has 0 spiro atoms. The van der Waals surface area contributed by atoms with E-state index >= 15 is 0 Å². The number of hydrogen-bond donors (Lipinski definition) is 0. The van der Waals surface area contributed by atoms with Crippen LogP contribution in [0.1, 0.15) is 11.1 Å². The fraction of sp³-hybridized carbons (Fsp3) is 0.0667. The van der Waals surface area contributed by atoms with Crippen molar-refractivity contribution in [1.82, 2.24) is 0 Å². The van der Waals surface area contributed by atoms with Gasteiger partial charge in [0.15, 0.2) is 0 Å². The lowest BCUT2D eigenvalue weighted by molar-refractivity contribution is 1.57. The van der Waals surface area contributed by atoms with Crippen molar-refractivity contribution in [2.45, 2.75) is 0 Å². The van der Waals surface area contributed by atoms with Crippen LogP contribution in [0.2, 0.25) is 0 Å². The fourth-order valence-electron chi connectivity index (χ4n) is 1.66. The molecule has 17 heavy (non-hydrogen) atoms. The van der Waals surface area contributed by atoms with E-state index in [1.807, 2.05) is 60.7 Å². The Balaban J connectivity index is 2.48. The van der Waals surface area contributed by atoms with Gasteiger partial charge in [0, 0.05) is 5.88 Å². The van der Waals surface area contributed by atoms with Gasteiger partial charge in [-0.25, -0.2) is 0 Å². The summed E-state index contributed by atoms with van der Waals surface area (Å²) in [4.78, 5) is 0.